The zero-order valence-electron chi connectivity index (χ0n) is 14.9. The Hall–Kier alpha value is -2.83. The first kappa shape index (κ1) is 17.6. The highest BCUT2D eigenvalue weighted by Crippen LogP contribution is 2.32. The molecule has 1 aromatic heterocycles. The van der Waals surface area contributed by atoms with Crippen molar-refractivity contribution < 1.29 is 14.0 Å². The number of benzene rings is 1. The van der Waals surface area contributed by atoms with E-state index in [2.05, 4.69) is 10.2 Å². The maximum atomic E-state index is 13.6. The van der Waals surface area contributed by atoms with Crippen molar-refractivity contribution in [3.8, 4) is 0 Å². The molecule has 3 heterocycles. The van der Waals surface area contributed by atoms with Gasteiger partial charge in [-0.3, -0.25) is 9.59 Å². The topological polar surface area (TPSA) is 66.4 Å². The summed E-state index contributed by atoms with van der Waals surface area (Å²) in [6, 6.07) is 7.96. The van der Waals surface area contributed by atoms with Gasteiger partial charge in [0, 0.05) is 26.1 Å². The first-order valence-corrected chi connectivity index (χ1v) is 9.21. The number of carbonyl (C=O) groups excluding carboxylic acids is 2. The van der Waals surface area contributed by atoms with Gasteiger partial charge in [0.05, 0.1) is 24.0 Å². The van der Waals surface area contributed by atoms with Crippen LogP contribution in [0.5, 0.6) is 0 Å². The van der Waals surface area contributed by atoms with Gasteiger partial charge in [0.15, 0.2) is 0 Å². The fourth-order valence-electron chi connectivity index (χ4n) is 4.14. The lowest BCUT2D eigenvalue weighted by atomic mass is 9.98. The van der Waals surface area contributed by atoms with Crippen LogP contribution in [0.25, 0.3) is 0 Å². The molecule has 0 spiro atoms. The van der Waals surface area contributed by atoms with Gasteiger partial charge < -0.3 is 9.80 Å². The van der Waals surface area contributed by atoms with E-state index in [1.807, 2.05) is 11.0 Å². The van der Waals surface area contributed by atoms with Gasteiger partial charge in [0.1, 0.15) is 5.82 Å². The number of carbonyl (C=O) groups is 2. The van der Waals surface area contributed by atoms with E-state index in [1.165, 1.54) is 24.5 Å². The Bertz CT molecular complexity index is 845. The van der Waals surface area contributed by atoms with Crippen LogP contribution >= 0.6 is 0 Å². The number of rotatable bonds is 3. The Labute approximate surface area is 157 Å². The quantitative estimate of drug-likeness (QED) is 0.834. The monoisotopic (exact) mass is 368 g/mol. The second kappa shape index (κ2) is 7.42. The molecule has 0 unspecified atom stereocenters. The highest BCUT2D eigenvalue weighted by Gasteiger charge is 2.42. The number of nitrogens with zero attached hydrogens (tertiary/aromatic N) is 4. The molecule has 2 amide bonds. The maximum Gasteiger partial charge on any atom is 0.255 e. The largest absolute Gasteiger partial charge is 0.336 e. The standard InChI is InChI=1S/C20H21FN4O2/c21-17-5-1-3-14(9-17)11-25-18-13-24(12-16(18)4-2-6-19(25)26)20(27)15-7-8-22-23-10-15/h1,3,5,7-10,16,18H,2,4,6,11-13H2/t16-,18+/m1/s1. The van der Waals surface area contributed by atoms with Gasteiger partial charge in [-0.1, -0.05) is 12.1 Å². The third kappa shape index (κ3) is 3.67. The highest BCUT2D eigenvalue weighted by molar-refractivity contribution is 5.94. The molecule has 0 saturated carbocycles. The van der Waals surface area contributed by atoms with E-state index in [9.17, 15) is 14.0 Å². The summed E-state index contributed by atoms with van der Waals surface area (Å²) in [5.74, 6) is -0.0775. The van der Waals surface area contributed by atoms with Crippen molar-refractivity contribution in [3.05, 3.63) is 59.7 Å². The van der Waals surface area contributed by atoms with Gasteiger partial charge >= 0.3 is 0 Å². The van der Waals surface area contributed by atoms with Gasteiger partial charge in [-0.25, -0.2) is 4.39 Å². The molecule has 4 rings (SSSR count). The molecule has 0 aliphatic carbocycles. The molecule has 0 radical (unpaired) electrons. The van der Waals surface area contributed by atoms with Crippen molar-refractivity contribution >= 4 is 11.8 Å². The minimum atomic E-state index is -0.306. The first-order chi connectivity index (χ1) is 13.1. The molecule has 2 aromatic rings. The van der Waals surface area contributed by atoms with Crippen LogP contribution < -0.4 is 0 Å². The predicted octanol–water partition coefficient (Wildman–Crippen LogP) is 2.27. The fraction of sp³-hybridized carbons (Fsp3) is 0.400. The van der Waals surface area contributed by atoms with Crippen molar-refractivity contribution in [2.24, 2.45) is 5.92 Å². The van der Waals surface area contributed by atoms with Crippen LogP contribution in [0.15, 0.2) is 42.7 Å². The normalized spacial score (nSPS) is 22.5. The highest BCUT2D eigenvalue weighted by atomic mass is 19.1. The summed E-state index contributed by atoms with van der Waals surface area (Å²) in [4.78, 5) is 29.1. The SMILES string of the molecule is O=C(c1ccnnc1)N1C[C@H]2CCCC(=O)N(Cc3cccc(F)c3)[C@H]2C1. The van der Waals surface area contributed by atoms with E-state index in [-0.39, 0.29) is 29.6 Å². The van der Waals surface area contributed by atoms with Crippen LogP contribution in [-0.4, -0.2) is 50.9 Å². The summed E-state index contributed by atoms with van der Waals surface area (Å²) in [5.41, 5.74) is 1.27. The smallest absolute Gasteiger partial charge is 0.255 e. The second-order valence-corrected chi connectivity index (χ2v) is 7.21. The third-order valence-corrected chi connectivity index (χ3v) is 5.45. The lowest BCUT2D eigenvalue weighted by molar-refractivity contribution is -0.133. The lowest BCUT2D eigenvalue weighted by Crippen LogP contribution is -2.43. The Morgan fingerprint density at radius 3 is 2.89 bits per heavy atom. The third-order valence-electron chi connectivity index (χ3n) is 5.45. The summed E-state index contributed by atoms with van der Waals surface area (Å²) in [5, 5.41) is 7.49. The van der Waals surface area contributed by atoms with E-state index in [1.54, 1.807) is 17.0 Å². The fourth-order valence-corrected chi connectivity index (χ4v) is 4.14. The van der Waals surface area contributed by atoms with Crippen molar-refractivity contribution in [3.63, 3.8) is 0 Å². The van der Waals surface area contributed by atoms with Crippen molar-refractivity contribution in [1.82, 2.24) is 20.0 Å². The molecule has 0 N–H and O–H groups in total. The number of aromatic nitrogens is 2. The number of hydrogen-bond acceptors (Lipinski definition) is 4. The summed E-state index contributed by atoms with van der Waals surface area (Å²) >= 11 is 0. The zero-order chi connectivity index (χ0) is 18.8. The molecule has 0 bridgehead atoms. The molecule has 6 nitrogen and oxygen atoms in total. The van der Waals surface area contributed by atoms with Crippen molar-refractivity contribution in [1.29, 1.82) is 0 Å². The molecule has 2 fully saturated rings. The van der Waals surface area contributed by atoms with Gasteiger partial charge in [0.2, 0.25) is 5.91 Å². The molecule has 27 heavy (non-hydrogen) atoms. The zero-order valence-corrected chi connectivity index (χ0v) is 14.9. The average Bonchev–Trinajstić information content (AvgIpc) is 3.04. The Kier molecular flexibility index (Phi) is 4.83. The number of halogens is 1. The summed E-state index contributed by atoms with van der Waals surface area (Å²) in [6.45, 7) is 1.49. The molecule has 1 aromatic carbocycles. The average molecular weight is 368 g/mol. The minimum absolute atomic E-state index is 0.0398. The Morgan fingerprint density at radius 1 is 1.22 bits per heavy atom. The summed E-state index contributed by atoms with van der Waals surface area (Å²) in [7, 11) is 0. The van der Waals surface area contributed by atoms with E-state index in [0.717, 1.165) is 18.4 Å². The van der Waals surface area contributed by atoms with E-state index in [0.29, 0.717) is 31.6 Å². The van der Waals surface area contributed by atoms with Crippen molar-refractivity contribution in [2.75, 3.05) is 13.1 Å². The van der Waals surface area contributed by atoms with E-state index < -0.39 is 0 Å². The van der Waals surface area contributed by atoms with E-state index in [4.69, 9.17) is 0 Å². The Balaban J connectivity index is 1.55. The predicted molar refractivity (Wildman–Crippen MR) is 96.0 cm³/mol. The first-order valence-electron chi connectivity index (χ1n) is 9.21. The summed E-state index contributed by atoms with van der Waals surface area (Å²) < 4.78 is 13.6. The van der Waals surface area contributed by atoms with Gasteiger partial charge in [0.25, 0.3) is 5.91 Å². The molecular formula is C20H21FN4O2. The maximum absolute atomic E-state index is 13.6. The molecule has 7 heteroatoms. The van der Waals surface area contributed by atoms with Gasteiger partial charge in [-0.2, -0.15) is 10.2 Å². The number of amides is 2. The van der Waals surface area contributed by atoms with Crippen LogP contribution in [0.2, 0.25) is 0 Å². The number of hydrogen-bond donors (Lipinski definition) is 0. The van der Waals surface area contributed by atoms with Gasteiger partial charge in [-0.15, -0.1) is 0 Å². The van der Waals surface area contributed by atoms with Crippen LogP contribution in [-0.2, 0) is 11.3 Å². The Morgan fingerprint density at radius 2 is 2.11 bits per heavy atom. The van der Waals surface area contributed by atoms with Crippen LogP contribution in [0, 0.1) is 11.7 Å². The molecule has 2 aliphatic heterocycles. The van der Waals surface area contributed by atoms with Gasteiger partial charge in [-0.05, 0) is 42.5 Å². The van der Waals surface area contributed by atoms with Crippen LogP contribution in [0.4, 0.5) is 4.39 Å². The molecular weight excluding hydrogens is 347 g/mol. The second-order valence-electron chi connectivity index (χ2n) is 7.21. The van der Waals surface area contributed by atoms with Crippen LogP contribution in [0.1, 0.15) is 35.2 Å². The molecule has 2 atom stereocenters. The lowest BCUT2D eigenvalue weighted by Gasteiger charge is -2.30. The number of likely N-dealkylation sites (tertiary alicyclic amines) is 2. The number of fused-ring (bicyclic) bond motifs is 1. The molecule has 2 aliphatic rings. The molecule has 140 valence electrons. The van der Waals surface area contributed by atoms with E-state index >= 15 is 0 Å². The molecule has 2 saturated heterocycles. The van der Waals surface area contributed by atoms with Crippen molar-refractivity contribution in [2.45, 2.75) is 31.8 Å². The van der Waals surface area contributed by atoms with Crippen LogP contribution in [0.3, 0.4) is 0 Å². The summed E-state index contributed by atoms with van der Waals surface area (Å²) in [6.07, 6.45) is 5.20. The minimum Gasteiger partial charge on any atom is -0.336 e.